The Labute approximate surface area is 231 Å². The van der Waals surface area contributed by atoms with Gasteiger partial charge < -0.3 is 15.7 Å². The standard InChI is InChI=1S/C29H41F2N3O4S/c1-3-11-34(12-4-2)39(37,38)13-10-29(36)33-27(17-22-15-25(30)18-26(31)16-22)28(35)20-32-19-21-6-5-7-24(14-21)23-8-9-23/h5-7,14-16,18,23,27-28,32,35H,3-4,8-13,17,19-20H2,1-2H3,(H,33,36)/t27-,28-/m0/s1. The fourth-order valence-electron chi connectivity index (χ4n) is 4.66. The fraction of sp³-hybridized carbons (Fsp3) is 0.552. The minimum Gasteiger partial charge on any atom is -0.390 e. The Kier molecular flexibility index (Phi) is 11.8. The van der Waals surface area contributed by atoms with Crippen molar-refractivity contribution in [2.24, 2.45) is 0 Å². The maximum atomic E-state index is 13.8. The summed E-state index contributed by atoms with van der Waals surface area (Å²) in [7, 11) is -3.62. The molecule has 3 N–H and O–H groups in total. The number of aliphatic hydroxyl groups is 1. The van der Waals surface area contributed by atoms with Crippen molar-refractivity contribution in [3.8, 4) is 0 Å². The molecule has 1 aliphatic carbocycles. The molecule has 1 amide bonds. The molecule has 1 fully saturated rings. The Hall–Kier alpha value is -2.40. The van der Waals surface area contributed by atoms with Crippen LogP contribution >= 0.6 is 0 Å². The zero-order valence-electron chi connectivity index (χ0n) is 22.8. The van der Waals surface area contributed by atoms with E-state index in [0.29, 0.717) is 38.4 Å². The summed E-state index contributed by atoms with van der Waals surface area (Å²) in [5, 5.41) is 16.9. The summed E-state index contributed by atoms with van der Waals surface area (Å²) in [6.07, 6.45) is 2.35. The first-order valence-electron chi connectivity index (χ1n) is 13.8. The summed E-state index contributed by atoms with van der Waals surface area (Å²) >= 11 is 0. The third-order valence-corrected chi connectivity index (χ3v) is 8.67. The molecule has 0 spiro atoms. The van der Waals surface area contributed by atoms with Crippen LogP contribution in [0.15, 0.2) is 42.5 Å². The van der Waals surface area contributed by atoms with E-state index in [2.05, 4.69) is 22.8 Å². The van der Waals surface area contributed by atoms with Gasteiger partial charge in [0.15, 0.2) is 0 Å². The summed E-state index contributed by atoms with van der Waals surface area (Å²) in [5.41, 5.74) is 2.66. The van der Waals surface area contributed by atoms with Crippen molar-refractivity contribution in [2.75, 3.05) is 25.4 Å². The first-order chi connectivity index (χ1) is 18.6. The van der Waals surface area contributed by atoms with E-state index in [1.165, 1.54) is 22.7 Å². The lowest BCUT2D eigenvalue weighted by atomic mass is 10.00. The Morgan fingerprint density at radius 3 is 2.33 bits per heavy atom. The van der Waals surface area contributed by atoms with E-state index in [0.717, 1.165) is 23.8 Å². The number of halogens is 2. The Balaban J connectivity index is 1.63. The van der Waals surface area contributed by atoms with E-state index in [1.54, 1.807) is 0 Å². The number of rotatable bonds is 17. The molecule has 0 saturated heterocycles. The van der Waals surface area contributed by atoms with Gasteiger partial charge in [0.1, 0.15) is 11.6 Å². The maximum Gasteiger partial charge on any atom is 0.221 e. The van der Waals surface area contributed by atoms with Gasteiger partial charge in [-0.1, -0.05) is 38.1 Å². The van der Waals surface area contributed by atoms with Gasteiger partial charge in [0.2, 0.25) is 15.9 Å². The molecule has 2 aromatic rings. The third kappa shape index (κ3) is 10.3. The smallest absolute Gasteiger partial charge is 0.221 e. The number of sulfonamides is 1. The average Bonchev–Trinajstić information content (AvgIpc) is 3.72. The molecule has 0 aliphatic heterocycles. The number of carbonyl (C=O) groups is 1. The molecule has 39 heavy (non-hydrogen) atoms. The SMILES string of the molecule is CCCN(CCC)S(=O)(=O)CCC(=O)N[C@@H](Cc1cc(F)cc(F)c1)[C@@H](O)CNCc1cccc(C2CC2)c1. The highest BCUT2D eigenvalue weighted by Crippen LogP contribution is 2.40. The van der Waals surface area contributed by atoms with Crippen LogP contribution in [0.4, 0.5) is 8.78 Å². The number of carbonyl (C=O) groups excluding carboxylic acids is 1. The molecule has 10 heteroatoms. The van der Waals surface area contributed by atoms with Crippen molar-refractivity contribution in [3.63, 3.8) is 0 Å². The van der Waals surface area contributed by atoms with Gasteiger partial charge in [0, 0.05) is 38.7 Å². The Morgan fingerprint density at radius 2 is 1.72 bits per heavy atom. The molecule has 2 atom stereocenters. The van der Waals surface area contributed by atoms with Crippen molar-refractivity contribution < 1.29 is 27.1 Å². The quantitative estimate of drug-likeness (QED) is 0.271. The van der Waals surface area contributed by atoms with E-state index in [4.69, 9.17) is 0 Å². The molecule has 0 radical (unpaired) electrons. The minimum atomic E-state index is -3.62. The number of amides is 1. The fourth-order valence-corrected chi connectivity index (χ4v) is 6.29. The maximum absolute atomic E-state index is 13.8. The molecule has 1 saturated carbocycles. The van der Waals surface area contributed by atoms with Gasteiger partial charge in [-0.05, 0) is 66.8 Å². The summed E-state index contributed by atoms with van der Waals surface area (Å²) in [4.78, 5) is 12.8. The lowest BCUT2D eigenvalue weighted by Crippen LogP contribution is -2.49. The zero-order valence-corrected chi connectivity index (χ0v) is 23.7. The van der Waals surface area contributed by atoms with Crippen molar-refractivity contribution >= 4 is 15.9 Å². The predicted octanol–water partition coefficient (Wildman–Crippen LogP) is 3.86. The average molecular weight is 566 g/mol. The number of nitrogens with one attached hydrogen (secondary N) is 2. The number of benzene rings is 2. The van der Waals surface area contributed by atoms with Gasteiger partial charge >= 0.3 is 0 Å². The molecular formula is C29H41F2N3O4S. The molecule has 0 aromatic heterocycles. The molecule has 2 aromatic carbocycles. The van der Waals surface area contributed by atoms with Gasteiger partial charge in [-0.25, -0.2) is 21.5 Å². The van der Waals surface area contributed by atoms with Crippen LogP contribution in [-0.4, -0.2) is 61.3 Å². The summed E-state index contributed by atoms with van der Waals surface area (Å²) in [5.74, 6) is -1.79. The highest BCUT2D eigenvalue weighted by atomic mass is 32.2. The van der Waals surface area contributed by atoms with Crippen LogP contribution in [0, 0.1) is 11.6 Å². The lowest BCUT2D eigenvalue weighted by Gasteiger charge is -2.25. The van der Waals surface area contributed by atoms with Gasteiger partial charge in [0.05, 0.1) is 17.9 Å². The summed E-state index contributed by atoms with van der Waals surface area (Å²) in [6.45, 7) is 5.19. The van der Waals surface area contributed by atoms with Gasteiger partial charge in [-0.3, -0.25) is 4.79 Å². The largest absolute Gasteiger partial charge is 0.390 e. The second-order valence-electron chi connectivity index (χ2n) is 10.3. The van der Waals surface area contributed by atoms with E-state index < -0.39 is 39.7 Å². The van der Waals surface area contributed by atoms with Crippen LogP contribution in [0.1, 0.15) is 68.6 Å². The van der Waals surface area contributed by atoms with Crippen LogP contribution in [0.2, 0.25) is 0 Å². The second kappa shape index (κ2) is 14.8. The van der Waals surface area contributed by atoms with Gasteiger partial charge in [-0.15, -0.1) is 0 Å². The predicted molar refractivity (Wildman–Crippen MR) is 149 cm³/mol. The molecular weight excluding hydrogens is 524 g/mol. The Morgan fingerprint density at radius 1 is 1.05 bits per heavy atom. The van der Waals surface area contributed by atoms with E-state index in [-0.39, 0.29) is 30.7 Å². The van der Waals surface area contributed by atoms with Crippen LogP contribution in [0.5, 0.6) is 0 Å². The van der Waals surface area contributed by atoms with Crippen molar-refractivity contribution in [3.05, 3.63) is 70.8 Å². The van der Waals surface area contributed by atoms with E-state index >= 15 is 0 Å². The number of hydrogen-bond acceptors (Lipinski definition) is 5. The minimum absolute atomic E-state index is 0.0228. The number of aliphatic hydroxyl groups excluding tert-OH is 1. The summed E-state index contributed by atoms with van der Waals surface area (Å²) < 4.78 is 54.5. The van der Waals surface area contributed by atoms with Gasteiger partial charge in [-0.2, -0.15) is 0 Å². The molecule has 3 rings (SSSR count). The number of hydrogen-bond donors (Lipinski definition) is 3. The lowest BCUT2D eigenvalue weighted by molar-refractivity contribution is -0.122. The van der Waals surface area contributed by atoms with Crippen molar-refractivity contribution in [2.45, 2.75) is 77.0 Å². The van der Waals surface area contributed by atoms with E-state index in [9.17, 15) is 27.1 Å². The second-order valence-corrected chi connectivity index (χ2v) is 12.4. The van der Waals surface area contributed by atoms with Crippen molar-refractivity contribution in [1.29, 1.82) is 0 Å². The Bertz CT molecular complexity index is 1160. The first kappa shape index (κ1) is 31.1. The monoisotopic (exact) mass is 565 g/mol. The van der Waals surface area contributed by atoms with Crippen LogP contribution in [0.3, 0.4) is 0 Å². The zero-order chi connectivity index (χ0) is 28.4. The molecule has 216 valence electrons. The highest BCUT2D eigenvalue weighted by molar-refractivity contribution is 7.89. The van der Waals surface area contributed by atoms with Crippen LogP contribution in [0.25, 0.3) is 0 Å². The molecule has 0 unspecified atom stereocenters. The topological polar surface area (TPSA) is 98.7 Å². The van der Waals surface area contributed by atoms with E-state index in [1.807, 2.05) is 26.0 Å². The van der Waals surface area contributed by atoms with Crippen LogP contribution in [-0.2, 0) is 27.8 Å². The summed E-state index contributed by atoms with van der Waals surface area (Å²) in [6, 6.07) is 10.5. The van der Waals surface area contributed by atoms with Crippen molar-refractivity contribution in [1.82, 2.24) is 14.9 Å². The normalized spacial score (nSPS) is 15.3. The number of nitrogens with zero attached hydrogens (tertiary/aromatic N) is 1. The highest BCUT2D eigenvalue weighted by Gasteiger charge is 2.26. The third-order valence-electron chi connectivity index (χ3n) is 6.80. The molecule has 0 bridgehead atoms. The van der Waals surface area contributed by atoms with Gasteiger partial charge in [0.25, 0.3) is 0 Å². The molecule has 1 aliphatic rings. The van der Waals surface area contributed by atoms with Crippen LogP contribution < -0.4 is 10.6 Å². The molecule has 7 nitrogen and oxygen atoms in total. The first-order valence-corrected chi connectivity index (χ1v) is 15.4. The molecule has 0 heterocycles.